The summed E-state index contributed by atoms with van der Waals surface area (Å²) in [6.45, 7) is 0.0427. The second kappa shape index (κ2) is 6.63. The number of nitrogens with zero attached hydrogens (tertiary/aromatic N) is 1. The smallest absolute Gasteiger partial charge is 0.258 e. The number of hydrogen-bond donors (Lipinski definition) is 1. The van der Waals surface area contributed by atoms with Gasteiger partial charge in [-0.1, -0.05) is 36.8 Å². The number of amides is 1. The van der Waals surface area contributed by atoms with Gasteiger partial charge >= 0.3 is 0 Å². The Morgan fingerprint density at radius 1 is 1.12 bits per heavy atom. The first-order valence-corrected chi connectivity index (χ1v) is 8.70. The molecule has 2 aromatic rings. The maximum absolute atomic E-state index is 12.3. The van der Waals surface area contributed by atoms with Crippen molar-refractivity contribution in [2.45, 2.75) is 31.2 Å². The van der Waals surface area contributed by atoms with Crippen LogP contribution in [0.4, 0.5) is 0 Å². The molecule has 0 spiro atoms. The van der Waals surface area contributed by atoms with Crippen molar-refractivity contribution in [3.05, 3.63) is 60.4 Å². The van der Waals surface area contributed by atoms with E-state index < -0.39 is 0 Å². The van der Waals surface area contributed by atoms with Crippen molar-refractivity contribution in [1.29, 1.82) is 0 Å². The van der Waals surface area contributed by atoms with Gasteiger partial charge < -0.3 is 10.1 Å². The summed E-state index contributed by atoms with van der Waals surface area (Å²) in [5, 5.41) is 3.22. The van der Waals surface area contributed by atoms with E-state index in [0.717, 1.165) is 5.92 Å². The Morgan fingerprint density at radius 2 is 1.96 bits per heavy atom. The van der Waals surface area contributed by atoms with Crippen LogP contribution in [0.15, 0.2) is 54.9 Å². The van der Waals surface area contributed by atoms with Crippen molar-refractivity contribution in [3.8, 4) is 5.75 Å². The number of benzene rings is 1. The first-order chi connectivity index (χ1) is 11.8. The summed E-state index contributed by atoms with van der Waals surface area (Å²) in [7, 11) is 0. The van der Waals surface area contributed by atoms with Crippen LogP contribution in [0, 0.1) is 11.8 Å². The van der Waals surface area contributed by atoms with E-state index in [1.807, 2.05) is 12.1 Å². The highest BCUT2D eigenvalue weighted by Gasteiger charge is 2.53. The molecule has 4 atom stereocenters. The molecule has 0 saturated heterocycles. The van der Waals surface area contributed by atoms with Crippen LogP contribution in [0.5, 0.6) is 5.75 Å². The number of ether oxygens (including phenoxy) is 1. The first-order valence-electron chi connectivity index (χ1n) is 8.70. The summed E-state index contributed by atoms with van der Waals surface area (Å²) < 4.78 is 5.52. The topological polar surface area (TPSA) is 51.2 Å². The molecule has 2 saturated carbocycles. The van der Waals surface area contributed by atoms with Gasteiger partial charge in [0.05, 0.1) is 6.20 Å². The second-order valence-electron chi connectivity index (χ2n) is 6.77. The van der Waals surface area contributed by atoms with Crippen LogP contribution in [0.2, 0.25) is 0 Å². The van der Waals surface area contributed by atoms with Gasteiger partial charge in [-0.15, -0.1) is 0 Å². The molecule has 0 bridgehead atoms. The number of carbonyl (C=O) groups excluding carboxylic acids is 1. The molecule has 4 heteroatoms. The van der Waals surface area contributed by atoms with Gasteiger partial charge in [-0.3, -0.25) is 9.78 Å². The summed E-state index contributed by atoms with van der Waals surface area (Å²) in [6.07, 6.45) is 7.09. The Hall–Kier alpha value is -2.36. The maximum Gasteiger partial charge on any atom is 0.258 e. The van der Waals surface area contributed by atoms with Gasteiger partial charge in [0.1, 0.15) is 5.75 Å². The van der Waals surface area contributed by atoms with Crippen LogP contribution in [0.25, 0.3) is 0 Å². The number of hydrogen-bond acceptors (Lipinski definition) is 3. The molecule has 0 aliphatic heterocycles. The zero-order valence-corrected chi connectivity index (χ0v) is 13.6. The molecule has 24 heavy (non-hydrogen) atoms. The van der Waals surface area contributed by atoms with Crippen LogP contribution < -0.4 is 10.1 Å². The average molecular weight is 322 g/mol. The van der Waals surface area contributed by atoms with Crippen molar-refractivity contribution < 1.29 is 9.53 Å². The van der Waals surface area contributed by atoms with Crippen LogP contribution in [0.1, 0.15) is 30.7 Å². The van der Waals surface area contributed by atoms with E-state index >= 15 is 0 Å². The molecular formula is C20H22N2O2. The molecule has 1 N–H and O–H groups in total. The molecule has 0 radical (unpaired) electrons. The third-order valence-corrected chi connectivity index (χ3v) is 5.45. The molecule has 1 aromatic carbocycles. The molecule has 1 heterocycles. The van der Waals surface area contributed by atoms with Crippen molar-refractivity contribution in [1.82, 2.24) is 10.3 Å². The Balaban J connectivity index is 1.40. The monoisotopic (exact) mass is 322 g/mol. The van der Waals surface area contributed by atoms with Crippen LogP contribution >= 0.6 is 0 Å². The van der Waals surface area contributed by atoms with E-state index in [1.54, 1.807) is 18.5 Å². The number of fused-ring (bicyclic) bond motifs is 1. The molecule has 4 rings (SSSR count). The fourth-order valence-corrected chi connectivity index (χ4v) is 4.43. The number of pyridine rings is 1. The predicted octanol–water partition coefficient (Wildman–Crippen LogP) is 3.16. The van der Waals surface area contributed by atoms with Gasteiger partial charge in [-0.2, -0.15) is 0 Å². The predicted molar refractivity (Wildman–Crippen MR) is 91.7 cm³/mol. The quantitative estimate of drug-likeness (QED) is 0.920. The first kappa shape index (κ1) is 15.2. The standard InChI is InChI=1S/C20H22N2O2/c23-18(13-24-15-8-5-11-21-12-15)22-20-17-10-4-9-16(17)19(20)14-6-2-1-3-7-14/h1-3,5-8,11-12,16-17,19-20H,4,9-10,13H2,(H,22,23)/t16-,17-,19-,20-/m1/s1. The van der Waals surface area contributed by atoms with Crippen molar-refractivity contribution in [3.63, 3.8) is 0 Å². The van der Waals surface area contributed by atoms with Gasteiger partial charge in [0.2, 0.25) is 0 Å². The molecule has 2 aliphatic rings. The molecule has 124 valence electrons. The summed E-state index contributed by atoms with van der Waals surface area (Å²) in [5.41, 5.74) is 1.35. The largest absolute Gasteiger partial charge is 0.482 e. The lowest BCUT2D eigenvalue weighted by molar-refractivity contribution is -0.126. The third-order valence-electron chi connectivity index (χ3n) is 5.45. The minimum absolute atomic E-state index is 0.0427. The lowest BCUT2D eigenvalue weighted by atomic mass is 9.60. The number of rotatable bonds is 5. The Kier molecular flexibility index (Phi) is 4.20. The van der Waals surface area contributed by atoms with E-state index in [4.69, 9.17) is 4.74 Å². The highest BCUT2D eigenvalue weighted by atomic mass is 16.5. The Labute approximate surface area is 142 Å². The third kappa shape index (κ3) is 2.88. The highest BCUT2D eigenvalue weighted by Crippen LogP contribution is 2.55. The zero-order chi connectivity index (χ0) is 16.4. The van der Waals surface area contributed by atoms with Gasteiger partial charge in [0.15, 0.2) is 6.61 Å². The highest BCUT2D eigenvalue weighted by molar-refractivity contribution is 5.78. The molecule has 0 unspecified atom stereocenters. The van der Waals surface area contributed by atoms with Gasteiger partial charge in [-0.25, -0.2) is 0 Å². The van der Waals surface area contributed by atoms with Crippen LogP contribution in [-0.2, 0) is 4.79 Å². The summed E-state index contributed by atoms with van der Waals surface area (Å²) in [4.78, 5) is 16.3. The summed E-state index contributed by atoms with van der Waals surface area (Å²) in [6, 6.07) is 14.4. The van der Waals surface area contributed by atoms with Crippen molar-refractivity contribution >= 4 is 5.91 Å². The lowest BCUT2D eigenvalue weighted by Gasteiger charge is -2.49. The van der Waals surface area contributed by atoms with Crippen LogP contribution in [0.3, 0.4) is 0 Å². The number of nitrogens with one attached hydrogen (secondary N) is 1. The molecule has 4 nitrogen and oxygen atoms in total. The Bertz CT molecular complexity index is 689. The van der Waals surface area contributed by atoms with Crippen LogP contribution in [-0.4, -0.2) is 23.5 Å². The Morgan fingerprint density at radius 3 is 2.75 bits per heavy atom. The average Bonchev–Trinajstić information content (AvgIpc) is 3.04. The second-order valence-corrected chi connectivity index (χ2v) is 6.77. The minimum Gasteiger partial charge on any atom is -0.482 e. The fourth-order valence-electron chi connectivity index (χ4n) is 4.43. The minimum atomic E-state index is -0.0462. The van der Waals surface area contributed by atoms with Crippen molar-refractivity contribution in [2.24, 2.45) is 11.8 Å². The van der Waals surface area contributed by atoms with E-state index in [9.17, 15) is 4.79 Å². The van der Waals surface area contributed by atoms with E-state index in [2.05, 4.69) is 34.6 Å². The van der Waals surface area contributed by atoms with E-state index in [-0.39, 0.29) is 18.6 Å². The van der Waals surface area contributed by atoms with Gasteiger partial charge in [-0.05, 0) is 42.4 Å². The summed E-state index contributed by atoms with van der Waals surface area (Å²) in [5.74, 6) is 2.37. The van der Waals surface area contributed by atoms with Gasteiger partial charge in [0, 0.05) is 18.2 Å². The van der Waals surface area contributed by atoms with Crippen molar-refractivity contribution in [2.75, 3.05) is 6.61 Å². The molecule has 1 aromatic heterocycles. The molecule has 2 fully saturated rings. The lowest BCUT2D eigenvalue weighted by Crippen LogP contribution is -2.57. The summed E-state index contributed by atoms with van der Waals surface area (Å²) >= 11 is 0. The SMILES string of the molecule is O=C(COc1cccnc1)N[C@@H]1[C@@H]2CCC[C@H]2[C@H]1c1ccccc1. The number of aromatic nitrogens is 1. The molecular weight excluding hydrogens is 300 g/mol. The normalized spacial score (nSPS) is 27.8. The number of carbonyl (C=O) groups is 1. The van der Waals surface area contributed by atoms with E-state index in [1.165, 1.54) is 24.8 Å². The zero-order valence-electron chi connectivity index (χ0n) is 13.6. The maximum atomic E-state index is 12.3. The fraction of sp³-hybridized carbons (Fsp3) is 0.400. The molecule has 2 aliphatic carbocycles. The van der Waals surface area contributed by atoms with Gasteiger partial charge in [0.25, 0.3) is 5.91 Å². The van der Waals surface area contributed by atoms with E-state index in [0.29, 0.717) is 17.6 Å². The molecule has 1 amide bonds.